The lowest BCUT2D eigenvalue weighted by Crippen LogP contribution is -2.43. The van der Waals surface area contributed by atoms with Gasteiger partial charge in [-0.3, -0.25) is 9.80 Å². The third kappa shape index (κ3) is 8.88. The highest BCUT2D eigenvalue weighted by Gasteiger charge is 2.17. The van der Waals surface area contributed by atoms with Crippen LogP contribution in [0.15, 0.2) is 18.2 Å². The van der Waals surface area contributed by atoms with Crippen molar-refractivity contribution in [3.8, 4) is 11.5 Å². The first-order valence-corrected chi connectivity index (χ1v) is 10.5. The van der Waals surface area contributed by atoms with Crippen molar-refractivity contribution in [3.63, 3.8) is 0 Å². The predicted octanol–water partition coefficient (Wildman–Crippen LogP) is 1.87. The van der Waals surface area contributed by atoms with Crippen LogP contribution < -0.4 is 9.47 Å². The summed E-state index contributed by atoms with van der Waals surface area (Å²) in [6, 6.07) is 5.98. The number of nitrogens with zero attached hydrogens (tertiary/aromatic N) is 2. The lowest BCUT2D eigenvalue weighted by molar-refractivity contribution is 0.000948. The fraction of sp³-hybridized carbons (Fsp3) is 0.727. The minimum absolute atomic E-state index is 0.359. The van der Waals surface area contributed by atoms with Crippen LogP contribution in [0.3, 0.4) is 0 Å². The average Bonchev–Trinajstić information content (AvgIpc) is 2.72. The minimum Gasteiger partial charge on any atom is -0.493 e. The van der Waals surface area contributed by atoms with Crippen molar-refractivity contribution >= 4 is 0 Å². The summed E-state index contributed by atoms with van der Waals surface area (Å²) in [5, 5.41) is 10.5. The second-order valence-corrected chi connectivity index (χ2v) is 7.96. The number of hydrogen-bond donors (Lipinski definition) is 1. The summed E-state index contributed by atoms with van der Waals surface area (Å²) in [5.74, 6) is 1.91. The Kier molecular flexibility index (Phi) is 10.7. The van der Waals surface area contributed by atoms with Gasteiger partial charge in [-0.1, -0.05) is 19.9 Å². The second-order valence-electron chi connectivity index (χ2n) is 7.96. The zero-order valence-corrected chi connectivity index (χ0v) is 18.4. The number of aliphatic hydroxyl groups is 1. The van der Waals surface area contributed by atoms with E-state index in [0.717, 1.165) is 63.0 Å². The van der Waals surface area contributed by atoms with Crippen molar-refractivity contribution in [1.29, 1.82) is 0 Å². The minimum atomic E-state index is -0.515. The average molecular weight is 411 g/mol. The summed E-state index contributed by atoms with van der Waals surface area (Å²) in [6.07, 6.45) is -0.515. The van der Waals surface area contributed by atoms with Crippen LogP contribution in [0, 0.1) is 5.92 Å². The molecular formula is C22H38N2O5. The standard InChI is InChI=1S/C22H38N2O5/c1-18(2)16-29-17-20(25)15-24(8-7-23-9-11-28-12-10-23)14-19-5-6-21(26-3)22(13-19)27-4/h5-6,13,18,20,25H,7-12,14-17H2,1-4H3/t20-/m0/s1. The van der Waals surface area contributed by atoms with Crippen molar-refractivity contribution in [3.05, 3.63) is 23.8 Å². The van der Waals surface area contributed by atoms with E-state index >= 15 is 0 Å². The molecule has 7 nitrogen and oxygen atoms in total. The number of hydrogen-bond acceptors (Lipinski definition) is 7. The molecule has 7 heteroatoms. The van der Waals surface area contributed by atoms with Gasteiger partial charge in [-0.05, 0) is 23.6 Å². The van der Waals surface area contributed by atoms with Crippen LogP contribution in [0.4, 0.5) is 0 Å². The van der Waals surface area contributed by atoms with Gasteiger partial charge < -0.3 is 24.1 Å². The van der Waals surface area contributed by atoms with Gasteiger partial charge in [0.05, 0.1) is 40.1 Å². The van der Waals surface area contributed by atoms with E-state index in [1.54, 1.807) is 14.2 Å². The number of methoxy groups -OCH3 is 2. The topological polar surface area (TPSA) is 63.6 Å². The molecule has 1 aliphatic heterocycles. The molecule has 0 aliphatic carbocycles. The van der Waals surface area contributed by atoms with E-state index in [2.05, 4.69) is 23.6 Å². The molecule has 1 saturated heterocycles. The maximum atomic E-state index is 10.5. The highest BCUT2D eigenvalue weighted by atomic mass is 16.5. The molecule has 1 aromatic rings. The number of benzene rings is 1. The maximum Gasteiger partial charge on any atom is 0.161 e. The first kappa shape index (κ1) is 23.9. The Morgan fingerprint density at radius 3 is 2.48 bits per heavy atom. The number of rotatable bonds is 13. The molecule has 0 amide bonds. The first-order valence-electron chi connectivity index (χ1n) is 10.5. The number of ether oxygens (including phenoxy) is 4. The van der Waals surface area contributed by atoms with Gasteiger partial charge in [-0.15, -0.1) is 0 Å². The van der Waals surface area contributed by atoms with Gasteiger partial charge >= 0.3 is 0 Å². The van der Waals surface area contributed by atoms with Crippen molar-refractivity contribution in [2.45, 2.75) is 26.5 Å². The molecule has 1 aliphatic rings. The van der Waals surface area contributed by atoms with Gasteiger partial charge in [-0.2, -0.15) is 0 Å². The SMILES string of the molecule is COc1ccc(CN(CCN2CCOCC2)C[C@H](O)COCC(C)C)cc1OC. The molecule has 0 spiro atoms. The molecule has 29 heavy (non-hydrogen) atoms. The Bertz CT molecular complexity index is 578. The van der Waals surface area contributed by atoms with Crippen LogP contribution in [0.1, 0.15) is 19.4 Å². The predicted molar refractivity (Wildman–Crippen MR) is 114 cm³/mol. The van der Waals surface area contributed by atoms with Crippen molar-refractivity contribution in [2.24, 2.45) is 5.92 Å². The first-order chi connectivity index (χ1) is 14.0. The summed E-state index contributed by atoms with van der Waals surface area (Å²) in [5.41, 5.74) is 1.12. The monoisotopic (exact) mass is 410 g/mol. The Balaban J connectivity index is 1.96. The fourth-order valence-electron chi connectivity index (χ4n) is 3.37. The molecule has 1 fully saturated rings. The molecule has 1 aromatic carbocycles. The van der Waals surface area contributed by atoms with Crippen LogP contribution in [0.5, 0.6) is 11.5 Å². The highest BCUT2D eigenvalue weighted by Crippen LogP contribution is 2.28. The third-order valence-corrected chi connectivity index (χ3v) is 4.92. The van der Waals surface area contributed by atoms with Gasteiger partial charge in [-0.25, -0.2) is 0 Å². The van der Waals surface area contributed by atoms with E-state index in [4.69, 9.17) is 18.9 Å². The summed E-state index contributed by atoms with van der Waals surface area (Å²) < 4.78 is 21.8. The zero-order chi connectivity index (χ0) is 21.1. The van der Waals surface area contributed by atoms with Crippen molar-refractivity contribution in [2.75, 3.05) is 73.4 Å². The zero-order valence-electron chi connectivity index (χ0n) is 18.4. The van der Waals surface area contributed by atoms with Gasteiger partial charge in [0.1, 0.15) is 0 Å². The van der Waals surface area contributed by atoms with Crippen LogP contribution in [-0.4, -0.2) is 94.4 Å². The summed E-state index contributed by atoms with van der Waals surface area (Å²) >= 11 is 0. The molecule has 1 heterocycles. The molecule has 2 rings (SSSR count). The molecule has 1 atom stereocenters. The molecule has 0 aromatic heterocycles. The fourth-order valence-corrected chi connectivity index (χ4v) is 3.37. The van der Waals surface area contributed by atoms with Crippen LogP contribution >= 0.6 is 0 Å². The number of morpholine rings is 1. The van der Waals surface area contributed by atoms with Crippen LogP contribution in [-0.2, 0) is 16.0 Å². The molecule has 1 N–H and O–H groups in total. The van der Waals surface area contributed by atoms with Crippen molar-refractivity contribution < 1.29 is 24.1 Å². The van der Waals surface area contributed by atoms with E-state index in [1.807, 2.05) is 18.2 Å². The molecule has 0 bridgehead atoms. The molecule has 0 unspecified atom stereocenters. The molecule has 0 radical (unpaired) electrons. The Morgan fingerprint density at radius 2 is 1.83 bits per heavy atom. The van der Waals surface area contributed by atoms with Crippen molar-refractivity contribution in [1.82, 2.24) is 9.80 Å². The molecule has 0 saturated carbocycles. The second kappa shape index (κ2) is 13.0. The molecular weight excluding hydrogens is 372 g/mol. The quantitative estimate of drug-likeness (QED) is 0.533. The lowest BCUT2D eigenvalue weighted by atomic mass is 10.1. The summed E-state index contributed by atoms with van der Waals surface area (Å²) in [6.45, 7) is 11.9. The van der Waals surface area contributed by atoms with E-state index in [0.29, 0.717) is 25.7 Å². The third-order valence-electron chi connectivity index (χ3n) is 4.92. The van der Waals surface area contributed by atoms with Gasteiger partial charge in [0.25, 0.3) is 0 Å². The maximum absolute atomic E-state index is 10.5. The van der Waals surface area contributed by atoms with Crippen LogP contribution in [0.25, 0.3) is 0 Å². The Hall–Kier alpha value is -1.38. The Labute approximate surface area is 175 Å². The van der Waals surface area contributed by atoms with Crippen LogP contribution in [0.2, 0.25) is 0 Å². The number of aliphatic hydroxyl groups excluding tert-OH is 1. The molecule has 166 valence electrons. The summed E-state index contributed by atoms with van der Waals surface area (Å²) in [7, 11) is 3.29. The largest absolute Gasteiger partial charge is 0.493 e. The van der Waals surface area contributed by atoms with Gasteiger partial charge in [0.2, 0.25) is 0 Å². The van der Waals surface area contributed by atoms with Gasteiger partial charge in [0, 0.05) is 45.9 Å². The van der Waals surface area contributed by atoms with E-state index in [1.165, 1.54) is 0 Å². The smallest absolute Gasteiger partial charge is 0.161 e. The lowest BCUT2D eigenvalue weighted by Gasteiger charge is -2.31. The summed E-state index contributed by atoms with van der Waals surface area (Å²) in [4.78, 5) is 4.69. The Morgan fingerprint density at radius 1 is 1.10 bits per heavy atom. The van der Waals surface area contributed by atoms with Gasteiger partial charge in [0.15, 0.2) is 11.5 Å². The van der Waals surface area contributed by atoms with E-state index < -0.39 is 6.10 Å². The van der Waals surface area contributed by atoms with E-state index in [-0.39, 0.29) is 0 Å². The van der Waals surface area contributed by atoms with E-state index in [9.17, 15) is 5.11 Å². The highest BCUT2D eigenvalue weighted by molar-refractivity contribution is 5.42. The normalized spacial score (nSPS) is 16.4.